The highest BCUT2D eigenvalue weighted by Gasteiger charge is 2.22. The van der Waals surface area contributed by atoms with E-state index in [1.165, 1.54) is 0 Å². The molecule has 2 rings (SSSR count). The van der Waals surface area contributed by atoms with Crippen LogP contribution in [-0.2, 0) is 0 Å². The summed E-state index contributed by atoms with van der Waals surface area (Å²) >= 11 is 0. The van der Waals surface area contributed by atoms with Gasteiger partial charge in [-0.2, -0.15) is 0 Å². The Labute approximate surface area is 108 Å². The lowest BCUT2D eigenvalue weighted by Crippen LogP contribution is -2.51. The number of aromatic hydroxyl groups is 1. The molecule has 98 valence electrons. The minimum Gasteiger partial charge on any atom is -0.508 e. The summed E-state index contributed by atoms with van der Waals surface area (Å²) in [5.41, 5.74) is 0.666. The molecule has 1 aromatic rings. The van der Waals surface area contributed by atoms with Crippen molar-refractivity contribution in [2.24, 2.45) is 0 Å². The van der Waals surface area contributed by atoms with Crippen LogP contribution < -0.4 is 0 Å². The van der Waals surface area contributed by atoms with Crippen molar-refractivity contribution in [1.82, 2.24) is 9.80 Å². The van der Waals surface area contributed by atoms with Gasteiger partial charge in [-0.05, 0) is 38.2 Å². The molecule has 1 saturated heterocycles. The third-order valence-corrected chi connectivity index (χ3v) is 3.60. The number of carbonyl (C=O) groups is 1. The number of phenolic OH excluding ortho intramolecular Hbond substituents is 1. The fourth-order valence-electron chi connectivity index (χ4n) is 2.21. The van der Waals surface area contributed by atoms with Gasteiger partial charge in [0, 0.05) is 31.2 Å². The Morgan fingerprint density at radius 2 is 2.00 bits per heavy atom. The first-order valence-corrected chi connectivity index (χ1v) is 6.31. The molecule has 4 heteroatoms. The summed E-state index contributed by atoms with van der Waals surface area (Å²) in [5, 5.41) is 9.20. The van der Waals surface area contributed by atoms with Crippen LogP contribution in [0.15, 0.2) is 24.3 Å². The van der Waals surface area contributed by atoms with Crippen molar-refractivity contribution in [3.05, 3.63) is 29.8 Å². The van der Waals surface area contributed by atoms with Crippen LogP contribution in [0, 0.1) is 0 Å². The second-order valence-corrected chi connectivity index (χ2v) is 5.03. The molecule has 4 nitrogen and oxygen atoms in total. The lowest BCUT2D eigenvalue weighted by Gasteiger charge is -2.37. The first-order chi connectivity index (χ1) is 8.56. The quantitative estimate of drug-likeness (QED) is 0.817. The Morgan fingerprint density at radius 1 is 1.33 bits per heavy atom. The molecule has 1 unspecified atom stereocenters. The van der Waals surface area contributed by atoms with Crippen molar-refractivity contribution in [2.45, 2.75) is 13.0 Å². The molecule has 0 aromatic heterocycles. The van der Waals surface area contributed by atoms with Crippen LogP contribution in [0.4, 0.5) is 0 Å². The molecule has 1 fully saturated rings. The molecular weight excluding hydrogens is 228 g/mol. The molecule has 1 aliphatic heterocycles. The molecule has 0 radical (unpaired) electrons. The number of piperazine rings is 1. The summed E-state index contributed by atoms with van der Waals surface area (Å²) in [5.74, 6) is 0.312. The number of rotatable bonds is 3. The summed E-state index contributed by atoms with van der Waals surface area (Å²) in [6.07, 6.45) is 0. The monoisotopic (exact) mass is 248 g/mol. The van der Waals surface area contributed by atoms with Crippen LogP contribution in [-0.4, -0.2) is 60.0 Å². The van der Waals surface area contributed by atoms with Crippen molar-refractivity contribution >= 4 is 5.78 Å². The maximum Gasteiger partial charge on any atom is 0.176 e. The molecule has 1 aliphatic rings. The van der Waals surface area contributed by atoms with Crippen LogP contribution >= 0.6 is 0 Å². The fourth-order valence-corrected chi connectivity index (χ4v) is 2.21. The normalized spacial score (nSPS) is 22.0. The van der Waals surface area contributed by atoms with E-state index in [9.17, 15) is 9.90 Å². The summed E-state index contributed by atoms with van der Waals surface area (Å²) < 4.78 is 0. The number of hydrogen-bond donors (Lipinski definition) is 1. The van der Waals surface area contributed by atoms with E-state index in [2.05, 4.69) is 23.8 Å². The fraction of sp³-hybridized carbons (Fsp3) is 0.500. The van der Waals surface area contributed by atoms with E-state index in [0.717, 1.165) is 19.6 Å². The maximum atomic E-state index is 12.1. The Bertz CT molecular complexity index is 416. The Kier molecular flexibility index (Phi) is 3.99. The lowest BCUT2D eigenvalue weighted by molar-refractivity contribution is 0.0786. The topological polar surface area (TPSA) is 43.8 Å². The van der Waals surface area contributed by atoms with Gasteiger partial charge in [-0.1, -0.05) is 0 Å². The number of Topliss-reactive ketones (excluding diaryl/α,β-unsaturated/α-hetero) is 1. The van der Waals surface area contributed by atoms with E-state index in [0.29, 0.717) is 18.2 Å². The van der Waals surface area contributed by atoms with Gasteiger partial charge >= 0.3 is 0 Å². The summed E-state index contributed by atoms with van der Waals surface area (Å²) in [7, 11) is 2.11. The summed E-state index contributed by atoms with van der Waals surface area (Å²) in [6.45, 7) is 5.51. The second-order valence-electron chi connectivity index (χ2n) is 5.03. The van der Waals surface area contributed by atoms with Crippen LogP contribution in [0.3, 0.4) is 0 Å². The molecule has 0 saturated carbocycles. The lowest BCUT2D eigenvalue weighted by atomic mass is 10.1. The van der Waals surface area contributed by atoms with E-state index in [4.69, 9.17) is 0 Å². The minimum atomic E-state index is 0.117. The molecule has 1 aromatic carbocycles. The van der Waals surface area contributed by atoms with Crippen molar-refractivity contribution < 1.29 is 9.90 Å². The molecule has 1 atom stereocenters. The van der Waals surface area contributed by atoms with Crippen molar-refractivity contribution in [3.63, 3.8) is 0 Å². The third-order valence-electron chi connectivity index (χ3n) is 3.60. The maximum absolute atomic E-state index is 12.1. The van der Waals surface area contributed by atoms with Crippen LogP contribution in [0.1, 0.15) is 17.3 Å². The highest BCUT2D eigenvalue weighted by molar-refractivity contribution is 5.97. The van der Waals surface area contributed by atoms with Gasteiger partial charge in [0.15, 0.2) is 5.78 Å². The first-order valence-electron chi connectivity index (χ1n) is 6.31. The highest BCUT2D eigenvalue weighted by Crippen LogP contribution is 2.12. The average Bonchev–Trinajstić information content (AvgIpc) is 2.34. The van der Waals surface area contributed by atoms with Crippen molar-refractivity contribution in [1.29, 1.82) is 0 Å². The molecule has 0 spiro atoms. The Balaban J connectivity index is 1.93. The van der Waals surface area contributed by atoms with Crippen molar-refractivity contribution in [3.8, 4) is 5.75 Å². The standard InChI is InChI=1S/C14H20N2O2/c1-11-9-16(8-7-15(11)2)10-14(18)12-3-5-13(17)6-4-12/h3-6,11,17H,7-10H2,1-2H3. The zero-order chi connectivity index (χ0) is 13.1. The first kappa shape index (κ1) is 13.1. The predicted molar refractivity (Wildman–Crippen MR) is 71.0 cm³/mol. The number of likely N-dealkylation sites (N-methyl/N-ethyl adjacent to an activating group) is 1. The number of hydrogen-bond acceptors (Lipinski definition) is 4. The van der Waals surface area contributed by atoms with Crippen molar-refractivity contribution in [2.75, 3.05) is 33.2 Å². The van der Waals surface area contributed by atoms with E-state index in [-0.39, 0.29) is 11.5 Å². The van der Waals surface area contributed by atoms with Gasteiger partial charge in [0.05, 0.1) is 6.54 Å². The number of ketones is 1. The third kappa shape index (κ3) is 3.09. The number of benzene rings is 1. The average molecular weight is 248 g/mol. The van der Waals surface area contributed by atoms with Crippen LogP contribution in [0.2, 0.25) is 0 Å². The van der Waals surface area contributed by atoms with E-state index < -0.39 is 0 Å². The second kappa shape index (κ2) is 5.50. The molecule has 18 heavy (non-hydrogen) atoms. The van der Waals surface area contributed by atoms with Gasteiger partial charge in [-0.25, -0.2) is 0 Å². The van der Waals surface area contributed by atoms with E-state index in [1.807, 2.05) is 0 Å². The van der Waals surface area contributed by atoms with Crippen LogP contribution in [0.25, 0.3) is 0 Å². The summed E-state index contributed by atoms with van der Waals surface area (Å²) in [4.78, 5) is 16.6. The predicted octanol–water partition coefficient (Wildman–Crippen LogP) is 1.21. The van der Waals surface area contributed by atoms with Gasteiger partial charge in [0.25, 0.3) is 0 Å². The van der Waals surface area contributed by atoms with Gasteiger partial charge in [-0.3, -0.25) is 9.69 Å². The Hall–Kier alpha value is -1.39. The van der Waals surface area contributed by atoms with Gasteiger partial charge in [-0.15, -0.1) is 0 Å². The highest BCUT2D eigenvalue weighted by atomic mass is 16.3. The zero-order valence-electron chi connectivity index (χ0n) is 11.0. The molecule has 0 aliphatic carbocycles. The smallest absolute Gasteiger partial charge is 0.176 e. The number of phenols is 1. The largest absolute Gasteiger partial charge is 0.508 e. The van der Waals surface area contributed by atoms with Gasteiger partial charge in [0.1, 0.15) is 5.75 Å². The SMILES string of the molecule is CC1CN(CC(=O)c2ccc(O)cc2)CCN1C. The van der Waals surface area contributed by atoms with E-state index >= 15 is 0 Å². The minimum absolute atomic E-state index is 0.117. The molecule has 1 N–H and O–H groups in total. The Morgan fingerprint density at radius 3 is 2.61 bits per heavy atom. The molecule has 0 amide bonds. The van der Waals surface area contributed by atoms with Crippen LogP contribution in [0.5, 0.6) is 5.75 Å². The molecular formula is C14H20N2O2. The van der Waals surface area contributed by atoms with Gasteiger partial charge < -0.3 is 10.0 Å². The van der Waals surface area contributed by atoms with E-state index in [1.54, 1.807) is 24.3 Å². The number of nitrogens with zero attached hydrogens (tertiary/aromatic N) is 2. The molecule has 1 heterocycles. The molecule has 0 bridgehead atoms. The summed E-state index contributed by atoms with van der Waals surface area (Å²) in [6, 6.07) is 6.96. The van der Waals surface area contributed by atoms with Gasteiger partial charge in [0.2, 0.25) is 0 Å². The number of carbonyl (C=O) groups excluding carboxylic acids is 1. The zero-order valence-corrected chi connectivity index (χ0v) is 11.0.